The summed E-state index contributed by atoms with van der Waals surface area (Å²) in [7, 11) is 0. The predicted molar refractivity (Wildman–Crippen MR) is 143 cm³/mol. The Balaban J connectivity index is 1.24. The van der Waals surface area contributed by atoms with Crippen LogP contribution in [0.4, 0.5) is 14.7 Å². The zero-order valence-electron chi connectivity index (χ0n) is 22.3. The highest BCUT2D eigenvalue weighted by Crippen LogP contribution is 2.32. The number of benzene rings is 1. The molecule has 2 saturated heterocycles. The Morgan fingerprint density at radius 1 is 0.975 bits per heavy atom. The lowest BCUT2D eigenvalue weighted by molar-refractivity contribution is -0.139. The van der Waals surface area contributed by atoms with E-state index < -0.39 is 6.43 Å². The summed E-state index contributed by atoms with van der Waals surface area (Å²) in [5.41, 5.74) is 0.984. The summed E-state index contributed by atoms with van der Waals surface area (Å²) in [4.78, 5) is 30.4. The number of aliphatic hydroxyl groups excluding tert-OH is 1. The van der Waals surface area contributed by atoms with Gasteiger partial charge in [0.05, 0.1) is 30.4 Å². The van der Waals surface area contributed by atoms with Gasteiger partial charge in [-0.1, -0.05) is 12.1 Å². The number of alkyl halides is 2. The SMILES string of the molecule is O=C([C@H]1CC[C@H](Oc2cc(-n3c(C(F)F)nc4ccccc43)nc(N3CCOCC3)n2)CC1)N1CCC(O)CC1. The maximum Gasteiger partial charge on any atom is 0.296 e. The molecule has 0 unspecified atom stereocenters. The van der Waals surface area contributed by atoms with Crippen molar-refractivity contribution in [2.75, 3.05) is 44.3 Å². The highest BCUT2D eigenvalue weighted by Gasteiger charge is 2.32. The number of hydrogen-bond donors (Lipinski definition) is 1. The topological polar surface area (TPSA) is 106 Å². The van der Waals surface area contributed by atoms with Crippen LogP contribution in [0.25, 0.3) is 16.9 Å². The van der Waals surface area contributed by atoms with Gasteiger partial charge in [0.15, 0.2) is 5.82 Å². The summed E-state index contributed by atoms with van der Waals surface area (Å²) in [5.74, 6) is 0.700. The van der Waals surface area contributed by atoms with Crippen LogP contribution in [-0.4, -0.2) is 87.0 Å². The molecule has 3 fully saturated rings. The first-order valence-electron chi connectivity index (χ1n) is 14.1. The second kappa shape index (κ2) is 11.6. The molecule has 12 heteroatoms. The van der Waals surface area contributed by atoms with Gasteiger partial charge in [0.2, 0.25) is 17.7 Å². The number of likely N-dealkylation sites (tertiary alicyclic amines) is 1. The van der Waals surface area contributed by atoms with E-state index in [0.29, 0.717) is 101 Å². The minimum Gasteiger partial charge on any atom is -0.474 e. The molecule has 214 valence electrons. The lowest BCUT2D eigenvalue weighted by atomic mass is 9.86. The molecule has 3 aromatic rings. The number of para-hydroxylation sites is 2. The van der Waals surface area contributed by atoms with E-state index in [2.05, 4.69) is 15.0 Å². The first-order valence-corrected chi connectivity index (χ1v) is 14.1. The fourth-order valence-electron chi connectivity index (χ4n) is 5.86. The Morgan fingerprint density at radius 2 is 1.70 bits per heavy atom. The van der Waals surface area contributed by atoms with Gasteiger partial charge in [-0.15, -0.1) is 0 Å². The average Bonchev–Trinajstić information content (AvgIpc) is 3.38. The third-order valence-corrected chi connectivity index (χ3v) is 8.07. The molecular formula is C28H34F2N6O4. The molecular weight excluding hydrogens is 522 g/mol. The quantitative estimate of drug-likeness (QED) is 0.492. The molecule has 0 atom stereocenters. The predicted octanol–water partition coefficient (Wildman–Crippen LogP) is 3.51. The molecule has 1 N–H and O–H groups in total. The van der Waals surface area contributed by atoms with Crippen molar-refractivity contribution in [2.45, 2.75) is 57.2 Å². The Hall–Kier alpha value is -3.38. The summed E-state index contributed by atoms with van der Waals surface area (Å²) in [6, 6.07) is 8.58. The van der Waals surface area contributed by atoms with Gasteiger partial charge in [-0.2, -0.15) is 9.97 Å². The molecule has 6 rings (SSSR count). The molecule has 1 aliphatic carbocycles. The Kier molecular flexibility index (Phi) is 7.79. The fourth-order valence-corrected chi connectivity index (χ4v) is 5.86. The van der Waals surface area contributed by atoms with E-state index in [1.807, 2.05) is 9.80 Å². The van der Waals surface area contributed by atoms with Crippen LogP contribution >= 0.6 is 0 Å². The molecule has 2 aliphatic heterocycles. The van der Waals surface area contributed by atoms with Gasteiger partial charge < -0.3 is 24.4 Å². The number of ether oxygens (including phenoxy) is 2. The molecule has 0 spiro atoms. The van der Waals surface area contributed by atoms with Gasteiger partial charge in [0.25, 0.3) is 6.43 Å². The molecule has 1 aromatic carbocycles. The number of piperidine rings is 1. The Bertz CT molecular complexity index is 1330. The smallest absolute Gasteiger partial charge is 0.296 e. The summed E-state index contributed by atoms with van der Waals surface area (Å²) in [5, 5.41) is 9.75. The number of nitrogens with zero attached hydrogens (tertiary/aromatic N) is 6. The van der Waals surface area contributed by atoms with Crippen molar-refractivity contribution in [3.8, 4) is 11.7 Å². The van der Waals surface area contributed by atoms with Gasteiger partial charge in [-0.25, -0.2) is 13.8 Å². The third-order valence-electron chi connectivity index (χ3n) is 8.07. The number of aromatic nitrogens is 4. The van der Waals surface area contributed by atoms with Crippen LogP contribution in [0.5, 0.6) is 5.88 Å². The summed E-state index contributed by atoms with van der Waals surface area (Å²) >= 11 is 0. The van der Waals surface area contributed by atoms with Crippen molar-refractivity contribution in [3.63, 3.8) is 0 Å². The highest BCUT2D eigenvalue weighted by atomic mass is 19.3. The van der Waals surface area contributed by atoms with Crippen LogP contribution in [0.1, 0.15) is 50.8 Å². The van der Waals surface area contributed by atoms with E-state index >= 15 is 0 Å². The minimum absolute atomic E-state index is 0.0501. The van der Waals surface area contributed by atoms with Crippen LogP contribution < -0.4 is 9.64 Å². The first kappa shape index (κ1) is 26.8. The van der Waals surface area contributed by atoms with Crippen molar-refractivity contribution < 1.29 is 28.2 Å². The Labute approximate surface area is 230 Å². The molecule has 0 radical (unpaired) electrons. The number of aliphatic hydroxyl groups is 1. The zero-order chi connectivity index (χ0) is 27.6. The number of morpholine rings is 1. The van der Waals surface area contributed by atoms with E-state index in [1.165, 1.54) is 4.57 Å². The normalized spacial score (nSPS) is 22.7. The van der Waals surface area contributed by atoms with E-state index in [-0.39, 0.29) is 35.7 Å². The molecule has 3 aliphatic rings. The van der Waals surface area contributed by atoms with Crippen molar-refractivity contribution in [2.24, 2.45) is 5.92 Å². The molecule has 0 bridgehead atoms. The number of carbonyl (C=O) groups excluding carboxylic acids is 1. The summed E-state index contributed by atoms with van der Waals surface area (Å²) < 4.78 is 41.4. The lowest BCUT2D eigenvalue weighted by Gasteiger charge is -2.35. The maximum absolute atomic E-state index is 14.1. The molecule has 1 saturated carbocycles. The summed E-state index contributed by atoms with van der Waals surface area (Å²) in [6.45, 7) is 3.41. The zero-order valence-corrected chi connectivity index (χ0v) is 22.3. The van der Waals surface area contributed by atoms with Crippen LogP contribution in [-0.2, 0) is 9.53 Å². The van der Waals surface area contributed by atoms with Crippen molar-refractivity contribution in [1.29, 1.82) is 0 Å². The molecule has 10 nitrogen and oxygen atoms in total. The standard InChI is InChI=1S/C28H34F2N6O4/c29-25(30)26-31-21-3-1-2-4-22(21)36(26)23-17-24(33-28(32-23)35-13-15-39-16-14-35)40-20-7-5-18(6-8-20)27(38)34-11-9-19(37)10-12-34/h1-4,17-20,25,37H,5-16H2/t18-,20-. The van der Waals surface area contributed by atoms with E-state index in [9.17, 15) is 18.7 Å². The number of halogens is 2. The second-order valence-electron chi connectivity index (χ2n) is 10.7. The van der Waals surface area contributed by atoms with Gasteiger partial charge in [0, 0.05) is 38.2 Å². The van der Waals surface area contributed by atoms with Gasteiger partial charge in [-0.05, 0) is 50.7 Å². The van der Waals surface area contributed by atoms with Gasteiger partial charge in [-0.3, -0.25) is 9.36 Å². The number of anilines is 1. The van der Waals surface area contributed by atoms with Crippen LogP contribution in [0.3, 0.4) is 0 Å². The van der Waals surface area contributed by atoms with E-state index in [0.717, 1.165) is 0 Å². The van der Waals surface area contributed by atoms with Gasteiger partial charge in [0.1, 0.15) is 11.9 Å². The van der Waals surface area contributed by atoms with E-state index in [1.54, 1.807) is 30.3 Å². The maximum atomic E-state index is 14.1. The lowest BCUT2D eigenvalue weighted by Crippen LogP contribution is -2.44. The van der Waals surface area contributed by atoms with E-state index in [4.69, 9.17) is 9.47 Å². The molecule has 2 aromatic heterocycles. The number of hydrogen-bond acceptors (Lipinski definition) is 8. The van der Waals surface area contributed by atoms with Crippen LogP contribution in [0, 0.1) is 5.92 Å². The monoisotopic (exact) mass is 556 g/mol. The van der Waals surface area contributed by atoms with Crippen LogP contribution in [0.15, 0.2) is 30.3 Å². The number of amides is 1. The molecule has 4 heterocycles. The third kappa shape index (κ3) is 5.60. The summed E-state index contributed by atoms with van der Waals surface area (Å²) in [6.07, 6.45) is 0.791. The number of imidazole rings is 1. The fraction of sp³-hybridized carbons (Fsp3) is 0.571. The highest BCUT2D eigenvalue weighted by molar-refractivity contribution is 5.79. The average molecular weight is 557 g/mol. The van der Waals surface area contributed by atoms with Crippen molar-refractivity contribution in [1.82, 2.24) is 24.4 Å². The number of fused-ring (bicyclic) bond motifs is 1. The van der Waals surface area contributed by atoms with Crippen molar-refractivity contribution in [3.05, 3.63) is 36.2 Å². The number of rotatable bonds is 6. The molecule has 1 amide bonds. The van der Waals surface area contributed by atoms with Gasteiger partial charge >= 0.3 is 0 Å². The Morgan fingerprint density at radius 3 is 2.42 bits per heavy atom. The van der Waals surface area contributed by atoms with Crippen LogP contribution in [0.2, 0.25) is 0 Å². The first-order chi connectivity index (χ1) is 19.5. The number of carbonyl (C=O) groups is 1. The largest absolute Gasteiger partial charge is 0.474 e. The minimum atomic E-state index is -2.80. The second-order valence-corrected chi connectivity index (χ2v) is 10.7. The van der Waals surface area contributed by atoms with Crippen molar-refractivity contribution >= 4 is 22.9 Å². The molecule has 40 heavy (non-hydrogen) atoms.